The molecule has 0 fully saturated rings. The van der Waals surface area contributed by atoms with Crippen molar-refractivity contribution < 1.29 is 14.7 Å². The Hall–Kier alpha value is -1.10. The van der Waals surface area contributed by atoms with Gasteiger partial charge in [0.05, 0.1) is 0 Å². The Morgan fingerprint density at radius 3 is 2.30 bits per heavy atom. The molecule has 0 bridgehead atoms. The molecule has 2 amide bonds. The first-order valence-corrected chi connectivity index (χ1v) is 7.42. The molecule has 0 aromatic rings. The Kier molecular flexibility index (Phi) is 9.21. The monoisotopic (exact) mass is 286 g/mol. The quantitative estimate of drug-likeness (QED) is 0.563. The van der Waals surface area contributed by atoms with Crippen molar-refractivity contribution in [2.45, 2.75) is 65.8 Å². The molecule has 118 valence electrons. The second-order valence-corrected chi connectivity index (χ2v) is 6.29. The van der Waals surface area contributed by atoms with Crippen molar-refractivity contribution in [1.82, 2.24) is 10.6 Å². The summed E-state index contributed by atoms with van der Waals surface area (Å²) in [4.78, 5) is 22.5. The lowest BCUT2D eigenvalue weighted by atomic mass is 9.85. The van der Waals surface area contributed by atoms with Crippen molar-refractivity contribution >= 4 is 11.8 Å². The minimum atomic E-state index is -0.0518. The number of amides is 2. The summed E-state index contributed by atoms with van der Waals surface area (Å²) < 4.78 is 0. The van der Waals surface area contributed by atoms with Crippen LogP contribution in [0.3, 0.4) is 0 Å². The Morgan fingerprint density at radius 1 is 1.15 bits per heavy atom. The van der Waals surface area contributed by atoms with Crippen molar-refractivity contribution in [1.29, 1.82) is 0 Å². The van der Waals surface area contributed by atoms with Crippen LogP contribution in [-0.2, 0) is 9.59 Å². The molecule has 0 aliphatic rings. The van der Waals surface area contributed by atoms with Crippen molar-refractivity contribution in [3.8, 4) is 0 Å². The van der Waals surface area contributed by atoms with Crippen LogP contribution in [0.25, 0.3) is 0 Å². The van der Waals surface area contributed by atoms with Crippen molar-refractivity contribution in [2.75, 3.05) is 13.2 Å². The number of unbranched alkanes of at least 4 members (excludes halogenated alkanes) is 2. The lowest BCUT2D eigenvalue weighted by molar-refractivity contribution is -0.123. The third kappa shape index (κ3) is 9.78. The van der Waals surface area contributed by atoms with Gasteiger partial charge in [-0.25, -0.2) is 0 Å². The maximum atomic E-state index is 11.9. The van der Waals surface area contributed by atoms with E-state index in [0.29, 0.717) is 19.4 Å². The summed E-state index contributed by atoms with van der Waals surface area (Å²) in [6.45, 7) is 8.43. The van der Waals surface area contributed by atoms with E-state index in [9.17, 15) is 9.59 Å². The lowest BCUT2D eigenvalue weighted by Gasteiger charge is -2.31. The van der Waals surface area contributed by atoms with Gasteiger partial charge < -0.3 is 15.7 Å². The van der Waals surface area contributed by atoms with Gasteiger partial charge in [-0.15, -0.1) is 0 Å². The molecule has 1 unspecified atom stereocenters. The van der Waals surface area contributed by atoms with Gasteiger partial charge in [0.15, 0.2) is 0 Å². The van der Waals surface area contributed by atoms with Crippen molar-refractivity contribution in [3.05, 3.63) is 0 Å². The van der Waals surface area contributed by atoms with Crippen molar-refractivity contribution in [2.24, 2.45) is 5.41 Å². The van der Waals surface area contributed by atoms with E-state index < -0.39 is 0 Å². The van der Waals surface area contributed by atoms with Crippen LogP contribution in [0.4, 0.5) is 0 Å². The summed E-state index contributed by atoms with van der Waals surface area (Å²) in [5.74, 6) is 0.0256. The minimum absolute atomic E-state index is 0.000574. The van der Waals surface area contributed by atoms with Gasteiger partial charge in [-0.3, -0.25) is 9.59 Å². The zero-order valence-corrected chi connectivity index (χ0v) is 13.3. The van der Waals surface area contributed by atoms with Crippen LogP contribution in [0.2, 0.25) is 0 Å². The predicted octanol–water partition coefficient (Wildman–Crippen LogP) is 1.60. The highest BCUT2D eigenvalue weighted by molar-refractivity contribution is 5.76. The van der Waals surface area contributed by atoms with Gasteiger partial charge in [0, 0.05) is 32.5 Å². The smallest absolute Gasteiger partial charge is 0.220 e. The van der Waals surface area contributed by atoms with E-state index in [1.807, 2.05) is 0 Å². The van der Waals surface area contributed by atoms with Crippen LogP contribution in [0.1, 0.15) is 59.8 Å². The van der Waals surface area contributed by atoms with E-state index in [0.717, 1.165) is 19.3 Å². The highest BCUT2D eigenvalue weighted by Crippen LogP contribution is 2.21. The third-order valence-corrected chi connectivity index (χ3v) is 3.25. The average molecular weight is 286 g/mol. The number of hydrogen-bond acceptors (Lipinski definition) is 3. The number of carbonyl (C=O) groups is 2. The number of hydrogen-bond donors (Lipinski definition) is 3. The van der Waals surface area contributed by atoms with Crippen LogP contribution in [0.15, 0.2) is 0 Å². The van der Waals surface area contributed by atoms with E-state index in [4.69, 9.17) is 5.11 Å². The molecule has 0 aromatic carbocycles. The Morgan fingerprint density at radius 2 is 1.80 bits per heavy atom. The molecular formula is C15H30N2O3. The van der Waals surface area contributed by atoms with Gasteiger partial charge in [-0.1, -0.05) is 27.2 Å². The topological polar surface area (TPSA) is 78.4 Å². The maximum absolute atomic E-state index is 11.9. The van der Waals surface area contributed by atoms with Crippen LogP contribution in [-0.4, -0.2) is 36.1 Å². The van der Waals surface area contributed by atoms with E-state index in [2.05, 4.69) is 31.4 Å². The molecule has 20 heavy (non-hydrogen) atoms. The summed E-state index contributed by atoms with van der Waals surface area (Å²) in [7, 11) is 0. The number of aliphatic hydroxyl groups is 1. The van der Waals surface area contributed by atoms with Crippen LogP contribution < -0.4 is 10.6 Å². The van der Waals surface area contributed by atoms with Gasteiger partial charge in [-0.2, -0.15) is 0 Å². The van der Waals surface area contributed by atoms with Gasteiger partial charge in [0.1, 0.15) is 0 Å². The van der Waals surface area contributed by atoms with Crippen molar-refractivity contribution in [3.63, 3.8) is 0 Å². The van der Waals surface area contributed by atoms with Gasteiger partial charge in [-0.05, 0) is 24.7 Å². The molecule has 0 aromatic heterocycles. The highest BCUT2D eigenvalue weighted by Gasteiger charge is 2.25. The molecule has 0 saturated heterocycles. The molecule has 0 aliphatic carbocycles. The molecule has 0 spiro atoms. The first kappa shape index (κ1) is 18.9. The molecular weight excluding hydrogens is 256 g/mol. The fourth-order valence-corrected chi connectivity index (χ4v) is 1.97. The average Bonchev–Trinajstić information content (AvgIpc) is 2.31. The van der Waals surface area contributed by atoms with Gasteiger partial charge in [0.25, 0.3) is 0 Å². The molecule has 0 saturated carbocycles. The van der Waals surface area contributed by atoms with E-state index in [1.54, 1.807) is 0 Å². The molecule has 1 atom stereocenters. The third-order valence-electron chi connectivity index (χ3n) is 3.25. The fourth-order valence-electron chi connectivity index (χ4n) is 1.97. The minimum Gasteiger partial charge on any atom is -0.396 e. The molecule has 5 heteroatoms. The molecule has 0 rings (SSSR count). The number of carbonyl (C=O) groups excluding carboxylic acids is 2. The Labute approximate surface area is 122 Å². The fraction of sp³-hybridized carbons (Fsp3) is 0.867. The van der Waals surface area contributed by atoms with Gasteiger partial charge in [0.2, 0.25) is 11.8 Å². The summed E-state index contributed by atoms with van der Waals surface area (Å²) >= 11 is 0. The summed E-state index contributed by atoms with van der Waals surface area (Å²) in [5.41, 5.74) is -0.0518. The van der Waals surface area contributed by atoms with E-state index in [1.165, 1.54) is 6.92 Å². The molecule has 0 heterocycles. The first-order valence-electron chi connectivity index (χ1n) is 7.42. The maximum Gasteiger partial charge on any atom is 0.220 e. The number of rotatable bonds is 9. The SMILES string of the molecule is CC(=O)NCCCCCC(=O)NC(CCO)C(C)(C)C. The molecule has 0 radical (unpaired) electrons. The van der Waals surface area contributed by atoms with E-state index in [-0.39, 0.29) is 29.9 Å². The normalized spacial score (nSPS) is 12.8. The second-order valence-electron chi connectivity index (χ2n) is 6.29. The number of aliphatic hydroxyl groups excluding tert-OH is 1. The van der Waals surface area contributed by atoms with Gasteiger partial charge >= 0.3 is 0 Å². The van der Waals surface area contributed by atoms with E-state index >= 15 is 0 Å². The Balaban J connectivity index is 3.83. The standard InChI is InChI=1S/C15H30N2O3/c1-12(19)16-10-7-5-6-8-14(20)17-13(9-11-18)15(2,3)4/h13,18H,5-11H2,1-4H3,(H,16,19)(H,17,20). The van der Waals surface area contributed by atoms with Crippen LogP contribution in [0.5, 0.6) is 0 Å². The summed E-state index contributed by atoms with van der Waals surface area (Å²) in [5, 5.41) is 14.8. The first-order chi connectivity index (χ1) is 9.27. The predicted molar refractivity (Wildman–Crippen MR) is 80.2 cm³/mol. The van der Waals surface area contributed by atoms with Crippen LogP contribution in [0, 0.1) is 5.41 Å². The molecule has 3 N–H and O–H groups in total. The zero-order chi connectivity index (χ0) is 15.6. The molecule has 5 nitrogen and oxygen atoms in total. The second kappa shape index (κ2) is 9.75. The van der Waals surface area contributed by atoms with Crippen LogP contribution >= 0.6 is 0 Å². The zero-order valence-electron chi connectivity index (χ0n) is 13.3. The largest absolute Gasteiger partial charge is 0.396 e. The Bertz CT molecular complexity index is 298. The molecule has 0 aliphatic heterocycles. The summed E-state index contributed by atoms with van der Waals surface area (Å²) in [6, 6.07) is -0.000574. The number of nitrogens with one attached hydrogen (secondary N) is 2. The summed E-state index contributed by atoms with van der Waals surface area (Å²) in [6.07, 6.45) is 3.72. The highest BCUT2D eigenvalue weighted by atomic mass is 16.3. The lowest BCUT2D eigenvalue weighted by Crippen LogP contribution is -2.44.